The summed E-state index contributed by atoms with van der Waals surface area (Å²) >= 11 is 3.49. The molecule has 0 saturated heterocycles. The van der Waals surface area contributed by atoms with Crippen molar-refractivity contribution < 1.29 is 4.79 Å². The van der Waals surface area contributed by atoms with E-state index < -0.39 is 0 Å². The van der Waals surface area contributed by atoms with Crippen LogP contribution in [0.5, 0.6) is 0 Å². The molecule has 1 aromatic rings. The summed E-state index contributed by atoms with van der Waals surface area (Å²) in [5.41, 5.74) is 2.16. The van der Waals surface area contributed by atoms with Crippen LogP contribution in [0.1, 0.15) is 55.5 Å². The van der Waals surface area contributed by atoms with Crippen LogP contribution in [-0.2, 0) is 6.42 Å². The van der Waals surface area contributed by atoms with Crippen LogP contribution in [0.3, 0.4) is 0 Å². The minimum atomic E-state index is -0.0731. The predicted octanol–water partition coefficient (Wildman–Crippen LogP) is 5.02. The summed E-state index contributed by atoms with van der Waals surface area (Å²) < 4.78 is 1.02. The van der Waals surface area contributed by atoms with E-state index in [-0.39, 0.29) is 5.41 Å². The summed E-state index contributed by atoms with van der Waals surface area (Å²) in [6.45, 7) is 4.62. The number of carbonyl (C=O) groups excluding carboxylic acids is 1. The monoisotopic (exact) mass is 320 g/mol. The molecule has 0 aromatic heterocycles. The van der Waals surface area contributed by atoms with Crippen molar-refractivity contribution >= 4 is 21.7 Å². The van der Waals surface area contributed by atoms with Crippen LogP contribution in [0.2, 0.25) is 0 Å². The molecule has 2 aliphatic carbocycles. The molecule has 0 radical (unpaired) electrons. The molecule has 0 bridgehead atoms. The summed E-state index contributed by atoms with van der Waals surface area (Å²) in [7, 11) is 0. The Morgan fingerprint density at radius 2 is 2.21 bits per heavy atom. The molecule has 1 saturated carbocycles. The average Bonchev–Trinajstić information content (AvgIpc) is 2.67. The smallest absolute Gasteiger partial charge is 0.169 e. The van der Waals surface area contributed by atoms with Crippen molar-refractivity contribution in [1.82, 2.24) is 0 Å². The first-order valence-electron chi connectivity index (χ1n) is 7.39. The first kappa shape index (κ1) is 13.4. The summed E-state index contributed by atoms with van der Waals surface area (Å²) in [4.78, 5) is 12.9. The SMILES string of the molecule is CC[C@H]1CC2(CC[C@@H]1C)Cc1ccc(Br)cc1C2=O. The van der Waals surface area contributed by atoms with Crippen LogP contribution < -0.4 is 0 Å². The number of halogens is 1. The van der Waals surface area contributed by atoms with Gasteiger partial charge < -0.3 is 0 Å². The largest absolute Gasteiger partial charge is 0.294 e. The van der Waals surface area contributed by atoms with Crippen LogP contribution in [0.4, 0.5) is 0 Å². The zero-order valence-corrected chi connectivity index (χ0v) is 13.3. The summed E-state index contributed by atoms with van der Waals surface area (Å²) in [5, 5.41) is 0. The Morgan fingerprint density at radius 1 is 1.42 bits per heavy atom. The van der Waals surface area contributed by atoms with Crippen molar-refractivity contribution in [3.63, 3.8) is 0 Å². The highest BCUT2D eigenvalue weighted by molar-refractivity contribution is 9.10. The van der Waals surface area contributed by atoms with E-state index >= 15 is 0 Å². The standard InChI is InChI=1S/C17H21BrO/c1-3-12-9-17(7-6-11(12)2)10-13-4-5-14(18)8-15(13)16(17)19/h4-5,8,11-12H,3,6-7,9-10H2,1-2H3/t11-,12-,17?/m0/s1. The Hall–Kier alpha value is -0.630. The normalized spacial score (nSPS) is 33.7. The molecule has 102 valence electrons. The molecule has 3 rings (SSSR count). The number of carbonyl (C=O) groups is 1. The fourth-order valence-electron chi connectivity index (χ4n) is 4.10. The van der Waals surface area contributed by atoms with Gasteiger partial charge in [0.15, 0.2) is 5.78 Å². The van der Waals surface area contributed by atoms with Crippen molar-refractivity contribution in [2.24, 2.45) is 17.3 Å². The maximum Gasteiger partial charge on any atom is 0.169 e. The Labute approximate surface area is 123 Å². The minimum Gasteiger partial charge on any atom is -0.294 e. The molecule has 1 nitrogen and oxygen atoms in total. The maximum atomic E-state index is 12.9. The van der Waals surface area contributed by atoms with Gasteiger partial charge in [0, 0.05) is 15.5 Å². The number of rotatable bonds is 1. The third kappa shape index (κ3) is 2.08. The van der Waals surface area contributed by atoms with Crippen molar-refractivity contribution in [2.75, 3.05) is 0 Å². The summed E-state index contributed by atoms with van der Waals surface area (Å²) in [6.07, 6.45) is 5.55. The van der Waals surface area contributed by atoms with Gasteiger partial charge in [-0.15, -0.1) is 0 Å². The average molecular weight is 321 g/mol. The van der Waals surface area contributed by atoms with Gasteiger partial charge in [-0.25, -0.2) is 0 Å². The molecule has 2 heteroatoms. The Kier molecular flexibility index (Phi) is 3.33. The van der Waals surface area contributed by atoms with Crippen LogP contribution in [0, 0.1) is 17.3 Å². The predicted molar refractivity (Wildman–Crippen MR) is 81.4 cm³/mol. The van der Waals surface area contributed by atoms with Crippen LogP contribution in [0.25, 0.3) is 0 Å². The Bertz CT molecular complexity index is 522. The molecule has 0 heterocycles. The van der Waals surface area contributed by atoms with Gasteiger partial charge in [0.2, 0.25) is 0 Å². The van der Waals surface area contributed by atoms with Crippen molar-refractivity contribution in [3.05, 3.63) is 33.8 Å². The molecule has 0 aliphatic heterocycles. The fraction of sp³-hybridized carbons (Fsp3) is 0.588. The van der Waals surface area contributed by atoms with Crippen LogP contribution in [-0.4, -0.2) is 5.78 Å². The van der Waals surface area contributed by atoms with Gasteiger partial charge in [0.25, 0.3) is 0 Å². The molecule has 3 atom stereocenters. The molecule has 1 aromatic carbocycles. The number of ketones is 1. The van der Waals surface area contributed by atoms with Crippen molar-refractivity contribution in [3.8, 4) is 0 Å². The van der Waals surface area contributed by atoms with E-state index in [1.165, 1.54) is 18.4 Å². The lowest BCUT2D eigenvalue weighted by atomic mass is 9.63. The lowest BCUT2D eigenvalue weighted by molar-refractivity contribution is 0.0591. The van der Waals surface area contributed by atoms with E-state index in [0.717, 1.165) is 41.1 Å². The number of benzene rings is 1. The van der Waals surface area contributed by atoms with Gasteiger partial charge in [-0.3, -0.25) is 4.79 Å². The number of hydrogen-bond donors (Lipinski definition) is 0. The second kappa shape index (κ2) is 4.73. The number of Topliss-reactive ketones (excluding diaryl/α,β-unsaturated/α-hetero) is 1. The van der Waals surface area contributed by atoms with Crippen molar-refractivity contribution in [2.45, 2.75) is 46.0 Å². The van der Waals surface area contributed by atoms with Gasteiger partial charge >= 0.3 is 0 Å². The molecular formula is C17H21BrO. The van der Waals surface area contributed by atoms with Gasteiger partial charge in [0.1, 0.15) is 0 Å². The molecule has 1 unspecified atom stereocenters. The van der Waals surface area contributed by atoms with E-state index in [9.17, 15) is 4.79 Å². The molecule has 1 spiro atoms. The summed E-state index contributed by atoms with van der Waals surface area (Å²) in [6, 6.07) is 6.21. The van der Waals surface area contributed by atoms with E-state index in [1.54, 1.807) is 0 Å². The first-order valence-corrected chi connectivity index (χ1v) is 8.18. The Balaban J connectivity index is 1.94. The molecule has 2 aliphatic rings. The molecular weight excluding hydrogens is 300 g/mol. The molecule has 0 amide bonds. The van der Waals surface area contributed by atoms with E-state index in [2.05, 4.69) is 41.9 Å². The van der Waals surface area contributed by atoms with Gasteiger partial charge in [-0.2, -0.15) is 0 Å². The fourth-order valence-corrected chi connectivity index (χ4v) is 4.46. The second-order valence-corrected chi connectivity index (χ2v) is 7.39. The zero-order chi connectivity index (χ0) is 13.6. The van der Waals surface area contributed by atoms with E-state index in [1.807, 2.05) is 6.07 Å². The molecule has 0 N–H and O–H groups in total. The van der Waals surface area contributed by atoms with Crippen LogP contribution >= 0.6 is 15.9 Å². The second-order valence-electron chi connectivity index (χ2n) is 6.48. The van der Waals surface area contributed by atoms with Gasteiger partial charge in [0.05, 0.1) is 0 Å². The van der Waals surface area contributed by atoms with Crippen molar-refractivity contribution in [1.29, 1.82) is 0 Å². The molecule has 19 heavy (non-hydrogen) atoms. The maximum absolute atomic E-state index is 12.9. The number of hydrogen-bond acceptors (Lipinski definition) is 1. The zero-order valence-electron chi connectivity index (χ0n) is 11.7. The lowest BCUT2D eigenvalue weighted by Crippen LogP contribution is -2.37. The quantitative estimate of drug-likeness (QED) is 0.710. The first-order chi connectivity index (χ1) is 9.05. The van der Waals surface area contributed by atoms with Gasteiger partial charge in [-0.05, 0) is 55.2 Å². The van der Waals surface area contributed by atoms with E-state index in [4.69, 9.17) is 0 Å². The lowest BCUT2D eigenvalue weighted by Gasteiger charge is -2.40. The molecule has 1 fully saturated rings. The van der Waals surface area contributed by atoms with Crippen LogP contribution in [0.15, 0.2) is 22.7 Å². The highest BCUT2D eigenvalue weighted by Gasteiger charge is 2.48. The highest BCUT2D eigenvalue weighted by atomic mass is 79.9. The Morgan fingerprint density at radius 3 is 2.95 bits per heavy atom. The number of fused-ring (bicyclic) bond motifs is 1. The minimum absolute atomic E-state index is 0.0731. The third-order valence-corrected chi connectivity index (χ3v) is 5.88. The van der Waals surface area contributed by atoms with E-state index in [0.29, 0.717) is 5.78 Å². The topological polar surface area (TPSA) is 17.1 Å². The third-order valence-electron chi connectivity index (χ3n) is 5.39. The highest BCUT2D eigenvalue weighted by Crippen LogP contribution is 2.51. The summed E-state index contributed by atoms with van der Waals surface area (Å²) in [5.74, 6) is 1.91. The van der Waals surface area contributed by atoms with Gasteiger partial charge in [-0.1, -0.05) is 42.3 Å².